The molecule has 1 spiro atoms. The van der Waals surface area contributed by atoms with Crippen molar-refractivity contribution >= 4 is 46.5 Å². The molecule has 0 radical (unpaired) electrons. The van der Waals surface area contributed by atoms with Crippen LogP contribution < -0.4 is 10.6 Å². The van der Waals surface area contributed by atoms with Crippen LogP contribution in [0, 0.1) is 0 Å². The molecule has 2 N–H and O–H groups in total. The van der Waals surface area contributed by atoms with E-state index in [0.717, 1.165) is 5.56 Å². The summed E-state index contributed by atoms with van der Waals surface area (Å²) >= 11 is 12.2. The third-order valence-corrected chi connectivity index (χ3v) is 6.07. The Morgan fingerprint density at radius 3 is 2.55 bits per heavy atom. The van der Waals surface area contributed by atoms with Gasteiger partial charge in [0.05, 0.1) is 12.5 Å². The Kier molecular flexibility index (Phi) is 3.94. The average Bonchev–Trinajstić information content (AvgIpc) is 3.22. The van der Waals surface area contributed by atoms with E-state index in [9.17, 15) is 9.59 Å². The zero-order chi connectivity index (χ0) is 20.3. The number of amides is 2. The highest BCUT2D eigenvalue weighted by molar-refractivity contribution is 6.31. The number of hydrogen-bond acceptors (Lipinski definition) is 4. The summed E-state index contributed by atoms with van der Waals surface area (Å²) in [6, 6.07) is 12.3. The SMILES string of the molecule is C[C@H](c1ccc(Cl)cc1)n1nnc2c1NC(=O)C[C@]21C(=O)Nc2ccc(Cl)cc21. The number of benzene rings is 2. The Morgan fingerprint density at radius 1 is 1.07 bits per heavy atom. The number of carbonyl (C=O) groups excluding carboxylic acids is 2. The minimum Gasteiger partial charge on any atom is -0.325 e. The topological polar surface area (TPSA) is 88.9 Å². The van der Waals surface area contributed by atoms with E-state index in [1.165, 1.54) is 0 Å². The van der Waals surface area contributed by atoms with Crippen molar-refractivity contribution in [1.82, 2.24) is 15.0 Å². The Hall–Kier alpha value is -2.90. The first-order valence-electron chi connectivity index (χ1n) is 9.02. The Balaban J connectivity index is 1.68. The fourth-order valence-electron chi connectivity index (χ4n) is 4.09. The number of halogens is 2. The van der Waals surface area contributed by atoms with Gasteiger partial charge in [-0.2, -0.15) is 0 Å². The normalized spacial score (nSPS) is 20.8. The lowest BCUT2D eigenvalue weighted by Crippen LogP contribution is -2.44. The van der Waals surface area contributed by atoms with Gasteiger partial charge in [0.2, 0.25) is 11.8 Å². The van der Waals surface area contributed by atoms with E-state index < -0.39 is 5.41 Å². The molecule has 29 heavy (non-hydrogen) atoms. The summed E-state index contributed by atoms with van der Waals surface area (Å²) in [5.41, 5.74) is 1.36. The van der Waals surface area contributed by atoms with Gasteiger partial charge in [-0.25, -0.2) is 4.68 Å². The smallest absolute Gasteiger partial charge is 0.241 e. The van der Waals surface area contributed by atoms with Crippen LogP contribution in [0.5, 0.6) is 0 Å². The highest BCUT2D eigenvalue weighted by atomic mass is 35.5. The summed E-state index contributed by atoms with van der Waals surface area (Å²) in [6.45, 7) is 1.94. The molecule has 3 aromatic rings. The molecule has 0 unspecified atom stereocenters. The second-order valence-electron chi connectivity index (χ2n) is 7.23. The highest BCUT2D eigenvalue weighted by Crippen LogP contribution is 2.50. The molecule has 2 aliphatic heterocycles. The van der Waals surface area contributed by atoms with Gasteiger partial charge in [-0.15, -0.1) is 5.10 Å². The van der Waals surface area contributed by atoms with Crippen LogP contribution in [0.3, 0.4) is 0 Å². The lowest BCUT2D eigenvalue weighted by molar-refractivity contribution is -0.125. The molecule has 0 saturated heterocycles. The molecule has 1 aromatic heterocycles. The van der Waals surface area contributed by atoms with Crippen LogP contribution in [-0.4, -0.2) is 26.8 Å². The zero-order valence-corrected chi connectivity index (χ0v) is 16.8. The summed E-state index contributed by atoms with van der Waals surface area (Å²) in [5.74, 6) is -0.184. The average molecular weight is 428 g/mol. The second kappa shape index (κ2) is 6.30. The first kappa shape index (κ1) is 18.1. The number of anilines is 2. The van der Waals surface area contributed by atoms with Crippen LogP contribution in [0.1, 0.15) is 36.2 Å². The number of aromatic nitrogens is 3. The van der Waals surface area contributed by atoms with E-state index in [4.69, 9.17) is 23.2 Å². The number of carbonyl (C=O) groups is 2. The van der Waals surface area contributed by atoms with E-state index >= 15 is 0 Å². The number of fused-ring (bicyclic) bond motifs is 4. The van der Waals surface area contributed by atoms with E-state index in [0.29, 0.717) is 32.8 Å². The fourth-order valence-corrected chi connectivity index (χ4v) is 4.39. The van der Waals surface area contributed by atoms with Crippen LogP contribution in [0.4, 0.5) is 11.5 Å². The Bertz CT molecular complexity index is 1170. The van der Waals surface area contributed by atoms with Crippen molar-refractivity contribution in [3.63, 3.8) is 0 Å². The molecule has 5 rings (SSSR count). The minimum absolute atomic E-state index is 0.0623. The Labute approximate surface area is 176 Å². The van der Waals surface area contributed by atoms with Crippen LogP contribution >= 0.6 is 23.2 Å². The number of nitrogens with zero attached hydrogens (tertiary/aromatic N) is 3. The van der Waals surface area contributed by atoms with Gasteiger partial charge in [0.1, 0.15) is 11.1 Å². The van der Waals surface area contributed by atoms with E-state index in [2.05, 4.69) is 20.9 Å². The fraction of sp³-hybridized carbons (Fsp3) is 0.200. The summed E-state index contributed by atoms with van der Waals surface area (Å²) in [6.07, 6.45) is -0.0623. The standard InChI is InChI=1S/C20H15Cl2N5O2/c1-10(11-2-4-12(21)5-3-11)27-18-17(25-26-27)20(9-16(28)24-18)14-8-13(22)6-7-15(14)23-19(20)29/h2-8,10H,9H2,1H3,(H,23,29)(H,24,28)/t10-,20-/m1/s1. The minimum atomic E-state index is -1.25. The summed E-state index contributed by atoms with van der Waals surface area (Å²) in [5, 5.41) is 15.4. The molecule has 0 aliphatic carbocycles. The molecule has 2 amide bonds. The number of rotatable bonds is 2. The van der Waals surface area contributed by atoms with Gasteiger partial charge in [0.25, 0.3) is 0 Å². The molecular formula is C20H15Cl2N5O2. The molecule has 2 aliphatic rings. The van der Waals surface area contributed by atoms with Crippen molar-refractivity contribution in [3.05, 3.63) is 69.3 Å². The monoisotopic (exact) mass is 427 g/mol. The van der Waals surface area contributed by atoms with Crippen molar-refractivity contribution in [2.45, 2.75) is 24.8 Å². The first-order chi connectivity index (χ1) is 13.9. The largest absolute Gasteiger partial charge is 0.325 e. The summed E-state index contributed by atoms with van der Waals surface area (Å²) < 4.78 is 1.62. The molecule has 146 valence electrons. The lowest BCUT2D eigenvalue weighted by Gasteiger charge is -2.30. The zero-order valence-electron chi connectivity index (χ0n) is 15.2. The number of nitrogens with one attached hydrogen (secondary N) is 2. The maximum absolute atomic E-state index is 13.1. The molecule has 0 bridgehead atoms. The second-order valence-corrected chi connectivity index (χ2v) is 8.11. The van der Waals surface area contributed by atoms with Gasteiger partial charge in [0, 0.05) is 15.7 Å². The molecular weight excluding hydrogens is 413 g/mol. The molecule has 3 heterocycles. The third kappa shape index (κ3) is 2.58. The molecule has 2 aromatic carbocycles. The lowest BCUT2D eigenvalue weighted by atomic mass is 9.74. The van der Waals surface area contributed by atoms with Gasteiger partial charge >= 0.3 is 0 Å². The van der Waals surface area contributed by atoms with Gasteiger partial charge in [-0.1, -0.05) is 40.5 Å². The van der Waals surface area contributed by atoms with Crippen LogP contribution in [0.25, 0.3) is 0 Å². The predicted octanol–water partition coefficient (Wildman–Crippen LogP) is 3.77. The van der Waals surface area contributed by atoms with E-state index in [-0.39, 0.29) is 24.3 Å². The van der Waals surface area contributed by atoms with Gasteiger partial charge in [0.15, 0.2) is 5.82 Å². The highest BCUT2D eigenvalue weighted by Gasteiger charge is 2.56. The van der Waals surface area contributed by atoms with Crippen molar-refractivity contribution in [2.75, 3.05) is 10.6 Å². The van der Waals surface area contributed by atoms with Crippen molar-refractivity contribution in [2.24, 2.45) is 0 Å². The maximum atomic E-state index is 13.1. The third-order valence-electron chi connectivity index (χ3n) is 5.58. The summed E-state index contributed by atoms with van der Waals surface area (Å²) in [4.78, 5) is 25.8. The van der Waals surface area contributed by atoms with Crippen LogP contribution in [0.2, 0.25) is 10.0 Å². The molecule has 0 saturated carbocycles. The molecule has 0 fully saturated rings. The van der Waals surface area contributed by atoms with Gasteiger partial charge < -0.3 is 10.6 Å². The summed E-state index contributed by atoms with van der Waals surface area (Å²) in [7, 11) is 0. The van der Waals surface area contributed by atoms with Gasteiger partial charge in [-0.3, -0.25) is 9.59 Å². The van der Waals surface area contributed by atoms with Crippen molar-refractivity contribution in [3.8, 4) is 0 Å². The number of hydrogen-bond donors (Lipinski definition) is 2. The van der Waals surface area contributed by atoms with E-state index in [1.54, 1.807) is 35.0 Å². The predicted molar refractivity (Wildman–Crippen MR) is 109 cm³/mol. The first-order valence-corrected chi connectivity index (χ1v) is 9.78. The molecule has 7 nitrogen and oxygen atoms in total. The quantitative estimate of drug-likeness (QED) is 0.651. The van der Waals surface area contributed by atoms with Gasteiger partial charge in [-0.05, 0) is 48.4 Å². The maximum Gasteiger partial charge on any atom is 0.241 e. The van der Waals surface area contributed by atoms with E-state index in [1.807, 2.05) is 19.1 Å². The van der Waals surface area contributed by atoms with Crippen LogP contribution in [0.15, 0.2) is 42.5 Å². The van der Waals surface area contributed by atoms with Crippen LogP contribution in [-0.2, 0) is 15.0 Å². The Morgan fingerprint density at radius 2 is 1.79 bits per heavy atom. The molecule has 2 atom stereocenters. The van der Waals surface area contributed by atoms with Crippen molar-refractivity contribution in [1.29, 1.82) is 0 Å². The molecule has 9 heteroatoms. The van der Waals surface area contributed by atoms with Crippen molar-refractivity contribution < 1.29 is 9.59 Å².